The number of hydrogen-bond donors (Lipinski definition) is 0. The van der Waals surface area contributed by atoms with Gasteiger partial charge in [-0.25, -0.2) is 8.78 Å². The molecule has 2 aromatic carbocycles. The van der Waals surface area contributed by atoms with E-state index < -0.39 is 11.6 Å². The van der Waals surface area contributed by atoms with Gasteiger partial charge in [0, 0.05) is 11.1 Å². The van der Waals surface area contributed by atoms with Gasteiger partial charge in [0.05, 0.1) is 0 Å². The summed E-state index contributed by atoms with van der Waals surface area (Å²) in [5.41, 5.74) is 0.768. The van der Waals surface area contributed by atoms with Gasteiger partial charge in [0.1, 0.15) is 11.6 Å². The van der Waals surface area contributed by atoms with Gasteiger partial charge in [0.25, 0.3) is 0 Å². The van der Waals surface area contributed by atoms with E-state index in [1.54, 1.807) is 0 Å². The predicted molar refractivity (Wildman–Crippen MR) is 87.3 cm³/mol. The Balaban J connectivity index is 1.86. The van der Waals surface area contributed by atoms with Crippen LogP contribution in [0, 0.1) is 11.6 Å². The lowest BCUT2D eigenvalue weighted by atomic mass is 10.1. The lowest BCUT2D eigenvalue weighted by molar-refractivity contribution is 0.103. The van der Waals surface area contributed by atoms with E-state index in [2.05, 4.69) is 0 Å². The van der Waals surface area contributed by atoms with Gasteiger partial charge in [-0.1, -0.05) is 0 Å². The van der Waals surface area contributed by atoms with Crippen molar-refractivity contribution in [2.75, 3.05) is 0 Å². The number of ketones is 2. The molecule has 23 heavy (non-hydrogen) atoms. The van der Waals surface area contributed by atoms with E-state index in [1.807, 2.05) is 0 Å². The summed E-state index contributed by atoms with van der Waals surface area (Å²) < 4.78 is 25.5. The molecule has 2 aromatic rings. The summed E-state index contributed by atoms with van der Waals surface area (Å²) in [5, 5.41) is 3.06. The highest BCUT2D eigenvalue weighted by Gasteiger charge is 2.02. The third-order valence-corrected chi connectivity index (χ3v) is 3.44. The van der Waals surface area contributed by atoms with Crippen LogP contribution in [0.5, 0.6) is 0 Å². The summed E-state index contributed by atoms with van der Waals surface area (Å²) in [6.45, 7) is 0. The third kappa shape index (κ3) is 5.30. The van der Waals surface area contributed by atoms with Crippen LogP contribution in [0.4, 0.5) is 8.78 Å². The Hall–Kier alpha value is -2.53. The molecule has 0 fully saturated rings. The van der Waals surface area contributed by atoms with E-state index >= 15 is 0 Å². The minimum Gasteiger partial charge on any atom is -0.289 e. The molecule has 0 aliphatic heterocycles. The number of allylic oxidation sites excluding steroid dienone is 2. The fraction of sp³-hybridized carbons (Fsp3) is 0. The Labute approximate surface area is 136 Å². The molecule has 0 saturated carbocycles. The summed E-state index contributed by atoms with van der Waals surface area (Å²) in [5.74, 6) is -1.31. The van der Waals surface area contributed by atoms with Crippen molar-refractivity contribution in [2.45, 2.75) is 0 Å². The van der Waals surface area contributed by atoms with Crippen LogP contribution < -0.4 is 0 Å². The number of carbonyl (C=O) groups is 2. The maximum absolute atomic E-state index is 12.7. The fourth-order valence-electron chi connectivity index (χ4n) is 1.67. The molecule has 0 heterocycles. The van der Waals surface area contributed by atoms with Crippen LogP contribution in [0.3, 0.4) is 0 Å². The van der Waals surface area contributed by atoms with Crippen LogP contribution >= 0.6 is 11.8 Å². The van der Waals surface area contributed by atoms with Gasteiger partial charge in [-0.15, -0.1) is 11.8 Å². The Morgan fingerprint density at radius 1 is 0.696 bits per heavy atom. The van der Waals surface area contributed by atoms with Gasteiger partial charge >= 0.3 is 0 Å². The standard InChI is InChI=1S/C18H12F2O2S/c19-15-5-1-13(2-6-15)17(21)9-11-23-12-10-18(22)14-3-7-16(20)8-4-14/h1-12H/b11-9+,12-10+. The highest BCUT2D eigenvalue weighted by atomic mass is 32.2. The zero-order chi connectivity index (χ0) is 16.7. The first-order valence-electron chi connectivity index (χ1n) is 6.64. The van der Waals surface area contributed by atoms with E-state index in [0.717, 1.165) is 11.8 Å². The normalized spacial score (nSPS) is 11.2. The maximum Gasteiger partial charge on any atom is 0.186 e. The topological polar surface area (TPSA) is 34.1 Å². The molecular formula is C18H12F2O2S. The molecule has 116 valence electrons. The van der Waals surface area contributed by atoms with Crippen molar-refractivity contribution in [1.29, 1.82) is 0 Å². The van der Waals surface area contributed by atoms with Crippen molar-refractivity contribution in [3.63, 3.8) is 0 Å². The minimum atomic E-state index is -0.401. The second-order valence-corrected chi connectivity index (χ2v) is 5.30. The molecule has 0 atom stereocenters. The molecule has 0 N–H and O–H groups in total. The molecule has 0 unspecified atom stereocenters. The fourth-order valence-corrected chi connectivity index (χ4v) is 2.16. The predicted octanol–water partition coefficient (Wildman–Crippen LogP) is 4.79. The van der Waals surface area contributed by atoms with Gasteiger partial charge in [0.2, 0.25) is 0 Å². The second kappa shape index (κ2) is 8.19. The average Bonchev–Trinajstić information content (AvgIpc) is 2.55. The summed E-state index contributed by atoms with van der Waals surface area (Å²) in [6, 6.07) is 10.5. The number of thioether (sulfide) groups is 1. The van der Waals surface area contributed by atoms with Gasteiger partial charge in [-0.05, 0) is 71.5 Å². The summed E-state index contributed by atoms with van der Waals surface area (Å²) in [6.07, 6.45) is 2.68. The first-order chi connectivity index (χ1) is 11.1. The Bertz CT molecular complexity index is 682. The Morgan fingerprint density at radius 2 is 1.04 bits per heavy atom. The first-order valence-corrected chi connectivity index (χ1v) is 7.59. The van der Waals surface area contributed by atoms with Gasteiger partial charge in [-0.2, -0.15) is 0 Å². The summed E-state index contributed by atoms with van der Waals surface area (Å²) in [4.78, 5) is 23.5. The van der Waals surface area contributed by atoms with Crippen molar-refractivity contribution < 1.29 is 18.4 Å². The zero-order valence-electron chi connectivity index (χ0n) is 11.9. The van der Waals surface area contributed by atoms with Gasteiger partial charge in [-0.3, -0.25) is 9.59 Å². The lowest BCUT2D eigenvalue weighted by Crippen LogP contribution is -1.93. The average molecular weight is 330 g/mol. The number of halogens is 2. The van der Waals surface area contributed by atoms with Crippen LogP contribution in [-0.4, -0.2) is 11.6 Å². The molecule has 2 rings (SSSR count). The van der Waals surface area contributed by atoms with Crippen LogP contribution in [0.15, 0.2) is 71.5 Å². The van der Waals surface area contributed by atoms with Crippen LogP contribution in [0.2, 0.25) is 0 Å². The molecule has 0 bridgehead atoms. The summed E-state index contributed by atoms with van der Waals surface area (Å²) >= 11 is 1.15. The molecule has 0 aliphatic carbocycles. The number of carbonyl (C=O) groups excluding carboxylic acids is 2. The quantitative estimate of drug-likeness (QED) is 0.564. The first kappa shape index (κ1) is 16.8. The van der Waals surface area contributed by atoms with Crippen LogP contribution in [0.25, 0.3) is 0 Å². The SMILES string of the molecule is O=C(/C=C/S/C=C/C(=O)c1ccc(F)cc1)c1ccc(F)cc1. The lowest BCUT2D eigenvalue weighted by Gasteiger charge is -1.95. The molecule has 0 spiro atoms. The largest absolute Gasteiger partial charge is 0.289 e. The van der Waals surface area contributed by atoms with Crippen LogP contribution in [-0.2, 0) is 0 Å². The minimum absolute atomic E-state index is 0.254. The highest BCUT2D eigenvalue weighted by Crippen LogP contribution is 2.10. The van der Waals surface area contributed by atoms with Gasteiger partial charge in [0.15, 0.2) is 11.6 Å². The van der Waals surface area contributed by atoms with Crippen LogP contribution in [0.1, 0.15) is 20.7 Å². The Kier molecular flexibility index (Phi) is 6.00. The summed E-state index contributed by atoms with van der Waals surface area (Å²) in [7, 11) is 0. The van der Waals surface area contributed by atoms with E-state index in [0.29, 0.717) is 11.1 Å². The molecular weight excluding hydrogens is 318 g/mol. The van der Waals surface area contributed by atoms with E-state index in [-0.39, 0.29) is 11.6 Å². The third-order valence-electron chi connectivity index (χ3n) is 2.85. The van der Waals surface area contributed by atoms with Crippen molar-refractivity contribution in [1.82, 2.24) is 0 Å². The molecule has 0 aromatic heterocycles. The number of hydrogen-bond acceptors (Lipinski definition) is 3. The number of benzene rings is 2. The molecule has 0 radical (unpaired) electrons. The molecule has 5 heteroatoms. The van der Waals surface area contributed by atoms with Gasteiger partial charge < -0.3 is 0 Å². The Morgan fingerprint density at radius 3 is 1.39 bits per heavy atom. The smallest absolute Gasteiger partial charge is 0.186 e. The van der Waals surface area contributed by atoms with E-state index in [1.165, 1.54) is 71.5 Å². The van der Waals surface area contributed by atoms with Crippen molar-refractivity contribution in [2.24, 2.45) is 0 Å². The molecule has 0 saturated heterocycles. The maximum atomic E-state index is 12.7. The van der Waals surface area contributed by atoms with Crippen molar-refractivity contribution in [3.05, 3.63) is 94.3 Å². The highest BCUT2D eigenvalue weighted by molar-refractivity contribution is 8.04. The van der Waals surface area contributed by atoms with E-state index in [9.17, 15) is 18.4 Å². The zero-order valence-corrected chi connectivity index (χ0v) is 12.7. The molecule has 0 amide bonds. The van der Waals surface area contributed by atoms with Crippen molar-refractivity contribution >= 4 is 23.3 Å². The molecule has 0 aliphatic rings. The van der Waals surface area contributed by atoms with E-state index in [4.69, 9.17) is 0 Å². The second-order valence-electron chi connectivity index (χ2n) is 4.48. The monoisotopic (exact) mass is 330 g/mol. The molecule has 2 nitrogen and oxygen atoms in total. The van der Waals surface area contributed by atoms with Crippen molar-refractivity contribution in [3.8, 4) is 0 Å². The number of rotatable bonds is 6.